The van der Waals surface area contributed by atoms with Gasteiger partial charge in [-0.05, 0) is 60.1 Å². The number of nitrogen functional groups attached to an aromatic ring is 1. The van der Waals surface area contributed by atoms with E-state index in [9.17, 15) is 0 Å². The first kappa shape index (κ1) is 14.6. The van der Waals surface area contributed by atoms with E-state index in [1.165, 1.54) is 0 Å². The van der Waals surface area contributed by atoms with Gasteiger partial charge in [0.15, 0.2) is 0 Å². The van der Waals surface area contributed by atoms with Crippen molar-refractivity contribution in [3.63, 3.8) is 0 Å². The molecule has 0 spiro atoms. The molecule has 3 aromatic rings. The second-order valence-electron chi connectivity index (χ2n) is 5.23. The van der Waals surface area contributed by atoms with E-state index in [0.29, 0.717) is 11.7 Å². The number of fused-ring (bicyclic) bond motifs is 1. The summed E-state index contributed by atoms with van der Waals surface area (Å²) in [5, 5.41) is 0. The lowest BCUT2D eigenvalue weighted by Gasteiger charge is -2.14. The van der Waals surface area contributed by atoms with E-state index < -0.39 is 0 Å². The third-order valence-corrected chi connectivity index (χ3v) is 4.65. The van der Waals surface area contributed by atoms with Crippen LogP contribution < -0.4 is 5.73 Å². The van der Waals surface area contributed by atoms with E-state index in [-0.39, 0.29) is 0 Å². The van der Waals surface area contributed by atoms with Gasteiger partial charge in [-0.3, -0.25) is 0 Å². The summed E-state index contributed by atoms with van der Waals surface area (Å²) in [5.41, 5.74) is 9.97. The smallest absolute Gasteiger partial charge is 0.143 e. The topological polar surface area (TPSA) is 43.8 Å². The molecule has 0 aliphatic rings. The number of halogens is 2. The Bertz CT molecular complexity index is 822. The SMILES string of the molecule is CC(C)n1c(-c2cccc(Br)c2N)nc2cc(Br)ccc21. The molecule has 21 heavy (non-hydrogen) atoms. The van der Waals surface area contributed by atoms with Crippen molar-refractivity contribution in [1.82, 2.24) is 9.55 Å². The fourth-order valence-electron chi connectivity index (χ4n) is 2.52. The number of hydrogen-bond acceptors (Lipinski definition) is 2. The Balaban J connectivity index is 2.36. The van der Waals surface area contributed by atoms with Crippen LogP contribution in [0, 0.1) is 0 Å². The average molecular weight is 409 g/mol. The molecule has 0 aliphatic heterocycles. The van der Waals surface area contributed by atoms with E-state index in [2.05, 4.69) is 56.3 Å². The molecule has 0 radical (unpaired) electrons. The van der Waals surface area contributed by atoms with Gasteiger partial charge in [-0.1, -0.05) is 22.0 Å². The van der Waals surface area contributed by atoms with Gasteiger partial charge in [0.1, 0.15) is 5.82 Å². The van der Waals surface area contributed by atoms with Crippen molar-refractivity contribution < 1.29 is 0 Å². The number of anilines is 1. The van der Waals surface area contributed by atoms with Crippen LogP contribution in [-0.2, 0) is 0 Å². The lowest BCUT2D eigenvalue weighted by atomic mass is 10.1. The molecule has 2 N–H and O–H groups in total. The molecule has 108 valence electrons. The molecule has 0 amide bonds. The van der Waals surface area contributed by atoms with E-state index in [0.717, 1.165) is 31.4 Å². The summed E-state index contributed by atoms with van der Waals surface area (Å²) in [5.74, 6) is 0.900. The lowest BCUT2D eigenvalue weighted by molar-refractivity contribution is 0.624. The monoisotopic (exact) mass is 407 g/mol. The predicted octanol–water partition coefficient (Wildman–Crippen LogP) is 5.39. The fraction of sp³-hybridized carbons (Fsp3) is 0.188. The summed E-state index contributed by atoms with van der Waals surface area (Å²) in [6, 6.07) is 12.4. The van der Waals surface area contributed by atoms with Crippen LogP contribution in [0.4, 0.5) is 5.69 Å². The minimum Gasteiger partial charge on any atom is -0.397 e. The number of aromatic nitrogens is 2. The van der Waals surface area contributed by atoms with Gasteiger partial charge in [0, 0.05) is 20.6 Å². The fourth-order valence-corrected chi connectivity index (χ4v) is 3.23. The van der Waals surface area contributed by atoms with Gasteiger partial charge in [-0.15, -0.1) is 0 Å². The van der Waals surface area contributed by atoms with Crippen molar-refractivity contribution in [3.05, 3.63) is 45.3 Å². The number of nitrogens with zero attached hydrogens (tertiary/aromatic N) is 2. The Morgan fingerprint density at radius 2 is 1.90 bits per heavy atom. The van der Waals surface area contributed by atoms with Crippen LogP contribution >= 0.6 is 31.9 Å². The molecule has 0 unspecified atom stereocenters. The summed E-state index contributed by atoms with van der Waals surface area (Å²) in [6.07, 6.45) is 0. The highest BCUT2D eigenvalue weighted by molar-refractivity contribution is 9.10. The highest BCUT2D eigenvalue weighted by atomic mass is 79.9. The Labute approximate surface area is 140 Å². The van der Waals surface area contributed by atoms with Crippen molar-refractivity contribution in [2.45, 2.75) is 19.9 Å². The largest absolute Gasteiger partial charge is 0.397 e. The first-order valence-electron chi connectivity index (χ1n) is 6.71. The standard InChI is InChI=1S/C16H15Br2N3/c1-9(2)21-14-7-6-10(17)8-13(14)20-16(21)11-4-3-5-12(18)15(11)19/h3-9H,19H2,1-2H3. The lowest BCUT2D eigenvalue weighted by Crippen LogP contribution is -2.04. The molecular weight excluding hydrogens is 394 g/mol. The number of hydrogen-bond donors (Lipinski definition) is 1. The predicted molar refractivity (Wildman–Crippen MR) is 95.4 cm³/mol. The van der Waals surface area contributed by atoms with Crippen molar-refractivity contribution >= 4 is 48.6 Å². The average Bonchev–Trinajstić information content (AvgIpc) is 2.80. The van der Waals surface area contributed by atoms with Crippen molar-refractivity contribution in [2.75, 3.05) is 5.73 Å². The highest BCUT2D eigenvalue weighted by Gasteiger charge is 2.17. The molecule has 0 fully saturated rings. The summed E-state index contributed by atoms with van der Waals surface area (Å²) in [6.45, 7) is 4.31. The minimum absolute atomic E-state index is 0.296. The molecule has 0 saturated carbocycles. The van der Waals surface area contributed by atoms with Crippen molar-refractivity contribution in [1.29, 1.82) is 0 Å². The van der Waals surface area contributed by atoms with Crippen molar-refractivity contribution in [2.24, 2.45) is 0 Å². The third kappa shape index (κ3) is 2.49. The Morgan fingerprint density at radius 3 is 2.62 bits per heavy atom. The first-order chi connectivity index (χ1) is 9.99. The maximum Gasteiger partial charge on any atom is 0.143 e. The molecule has 5 heteroatoms. The Kier molecular flexibility index (Phi) is 3.80. The summed E-state index contributed by atoms with van der Waals surface area (Å²) in [7, 11) is 0. The molecule has 0 atom stereocenters. The molecule has 1 aromatic heterocycles. The van der Waals surface area contributed by atoms with Crippen molar-refractivity contribution in [3.8, 4) is 11.4 Å². The molecule has 0 bridgehead atoms. The zero-order valence-corrected chi connectivity index (χ0v) is 14.9. The first-order valence-corrected chi connectivity index (χ1v) is 8.29. The van der Waals surface area contributed by atoms with Gasteiger partial charge >= 0.3 is 0 Å². The molecule has 0 saturated heterocycles. The molecule has 2 aromatic carbocycles. The van der Waals surface area contributed by atoms with Crippen LogP contribution in [0.15, 0.2) is 45.3 Å². The molecular formula is C16H15Br2N3. The van der Waals surface area contributed by atoms with Crippen LogP contribution in [0.1, 0.15) is 19.9 Å². The van der Waals surface area contributed by atoms with Crippen LogP contribution in [0.3, 0.4) is 0 Å². The van der Waals surface area contributed by atoms with Gasteiger partial charge in [-0.2, -0.15) is 0 Å². The number of para-hydroxylation sites is 1. The van der Waals surface area contributed by atoms with Gasteiger partial charge < -0.3 is 10.3 Å². The number of imidazole rings is 1. The normalized spacial score (nSPS) is 11.5. The van der Waals surface area contributed by atoms with Gasteiger partial charge in [0.2, 0.25) is 0 Å². The Hall–Kier alpha value is -1.33. The quantitative estimate of drug-likeness (QED) is 0.577. The maximum atomic E-state index is 6.23. The van der Waals surface area contributed by atoms with Crippen LogP contribution in [0.5, 0.6) is 0 Å². The summed E-state index contributed by atoms with van der Waals surface area (Å²) < 4.78 is 4.14. The zero-order valence-electron chi connectivity index (χ0n) is 11.8. The zero-order chi connectivity index (χ0) is 15.1. The van der Waals surface area contributed by atoms with E-state index >= 15 is 0 Å². The maximum absolute atomic E-state index is 6.23. The van der Waals surface area contributed by atoms with Gasteiger partial charge in [-0.25, -0.2) is 4.98 Å². The molecule has 1 heterocycles. The van der Waals surface area contributed by atoms with E-state index in [1.54, 1.807) is 0 Å². The third-order valence-electron chi connectivity index (χ3n) is 3.46. The second kappa shape index (κ2) is 5.46. The van der Waals surface area contributed by atoms with Crippen LogP contribution in [0.25, 0.3) is 22.4 Å². The summed E-state index contributed by atoms with van der Waals surface area (Å²) >= 11 is 7.00. The number of nitrogens with two attached hydrogens (primary N) is 1. The number of rotatable bonds is 2. The highest BCUT2D eigenvalue weighted by Crippen LogP contribution is 2.35. The second-order valence-corrected chi connectivity index (χ2v) is 7.00. The van der Waals surface area contributed by atoms with Crippen LogP contribution in [0.2, 0.25) is 0 Å². The van der Waals surface area contributed by atoms with Gasteiger partial charge in [0.25, 0.3) is 0 Å². The van der Waals surface area contributed by atoms with Crippen LogP contribution in [-0.4, -0.2) is 9.55 Å². The number of benzene rings is 2. The Morgan fingerprint density at radius 1 is 1.14 bits per heavy atom. The minimum atomic E-state index is 0.296. The summed E-state index contributed by atoms with van der Waals surface area (Å²) in [4.78, 5) is 4.80. The molecule has 3 rings (SSSR count). The molecule has 0 aliphatic carbocycles. The van der Waals surface area contributed by atoms with Gasteiger partial charge in [0.05, 0.1) is 16.7 Å². The molecule has 3 nitrogen and oxygen atoms in total. The van der Waals surface area contributed by atoms with E-state index in [4.69, 9.17) is 10.7 Å². The van der Waals surface area contributed by atoms with E-state index in [1.807, 2.05) is 30.3 Å².